The molecule has 2 aliphatic rings. The molecule has 0 spiro atoms. The zero-order valence-corrected chi connectivity index (χ0v) is 15.0. The van der Waals surface area contributed by atoms with Crippen molar-refractivity contribution in [3.8, 4) is 0 Å². The molecule has 0 saturated carbocycles. The molecule has 1 fully saturated rings. The van der Waals surface area contributed by atoms with E-state index >= 15 is 0 Å². The Morgan fingerprint density at radius 3 is 3.00 bits per heavy atom. The van der Waals surface area contributed by atoms with Gasteiger partial charge in [0, 0.05) is 18.3 Å². The summed E-state index contributed by atoms with van der Waals surface area (Å²) in [5, 5.41) is 0. The molecule has 1 amide bonds. The molecule has 6 heteroatoms. The number of carbonyl (C=O) groups excluding carboxylic acids is 1. The van der Waals surface area contributed by atoms with Crippen LogP contribution in [-0.4, -0.2) is 40.5 Å². The lowest BCUT2D eigenvalue weighted by atomic mass is 10.0. The summed E-state index contributed by atoms with van der Waals surface area (Å²) in [5.41, 5.74) is 4.33. The maximum Gasteiger partial charge on any atom is 0.251 e. The summed E-state index contributed by atoms with van der Waals surface area (Å²) in [6.45, 7) is 3.20. The summed E-state index contributed by atoms with van der Waals surface area (Å²) in [6, 6.07) is 7.86. The first-order chi connectivity index (χ1) is 12.6. The molecule has 1 N–H and O–H groups in total. The van der Waals surface area contributed by atoms with Gasteiger partial charge in [0.2, 0.25) is 5.91 Å². The highest BCUT2D eigenvalue weighted by Crippen LogP contribution is 2.24. The standard InChI is InChI=1S/C20H23N3O3/c1-13-9-18(24)22-20(21-13)17-12-23(7-8-26-17)19(25)11-14-5-6-15-3-2-4-16(15)10-14/h5-6,9-10,17H,2-4,7-8,11-12H2,1H3,(H,21,22,24)/t17-/m0/s1. The minimum absolute atomic E-state index is 0.0891. The van der Waals surface area contributed by atoms with Crippen molar-refractivity contribution >= 4 is 5.91 Å². The van der Waals surface area contributed by atoms with Crippen molar-refractivity contribution in [3.05, 3.63) is 62.8 Å². The molecule has 136 valence electrons. The van der Waals surface area contributed by atoms with E-state index in [9.17, 15) is 9.59 Å². The lowest BCUT2D eigenvalue weighted by Gasteiger charge is -2.32. The fourth-order valence-corrected chi connectivity index (χ4v) is 3.82. The van der Waals surface area contributed by atoms with Crippen LogP contribution in [-0.2, 0) is 28.8 Å². The Morgan fingerprint density at radius 1 is 1.31 bits per heavy atom. The molecule has 6 nitrogen and oxygen atoms in total. The summed E-state index contributed by atoms with van der Waals surface area (Å²) in [5.74, 6) is 0.580. The predicted molar refractivity (Wildman–Crippen MR) is 97.0 cm³/mol. The summed E-state index contributed by atoms with van der Waals surface area (Å²) >= 11 is 0. The number of aryl methyl sites for hydroxylation is 3. The third-order valence-electron chi connectivity index (χ3n) is 5.13. The Kier molecular flexibility index (Phi) is 4.59. The average molecular weight is 353 g/mol. The summed E-state index contributed by atoms with van der Waals surface area (Å²) in [6.07, 6.45) is 3.48. The molecule has 26 heavy (non-hydrogen) atoms. The van der Waals surface area contributed by atoms with Gasteiger partial charge in [-0.05, 0) is 42.9 Å². The zero-order valence-electron chi connectivity index (χ0n) is 15.0. The number of fused-ring (bicyclic) bond motifs is 1. The molecule has 2 heterocycles. The second-order valence-electron chi connectivity index (χ2n) is 7.10. The normalized spacial score (nSPS) is 19.4. The van der Waals surface area contributed by atoms with Gasteiger partial charge in [-0.15, -0.1) is 0 Å². The number of nitrogens with zero attached hydrogens (tertiary/aromatic N) is 2. The Hall–Kier alpha value is -2.47. The SMILES string of the molecule is Cc1cc(=O)[nH]c([C@@H]2CN(C(=O)Cc3ccc4c(c3)CCC4)CCO2)n1. The van der Waals surface area contributed by atoms with Crippen molar-refractivity contribution in [2.75, 3.05) is 19.7 Å². The van der Waals surface area contributed by atoms with E-state index in [0.717, 1.165) is 18.4 Å². The van der Waals surface area contributed by atoms with Crippen LogP contribution >= 0.6 is 0 Å². The van der Waals surface area contributed by atoms with Crippen LogP contribution in [0.3, 0.4) is 0 Å². The largest absolute Gasteiger partial charge is 0.367 e. The van der Waals surface area contributed by atoms with Gasteiger partial charge in [-0.3, -0.25) is 9.59 Å². The molecular formula is C20H23N3O3. The lowest BCUT2D eigenvalue weighted by Crippen LogP contribution is -2.43. The number of carbonyl (C=O) groups is 1. The first-order valence-electron chi connectivity index (χ1n) is 9.16. The highest BCUT2D eigenvalue weighted by Gasteiger charge is 2.27. The van der Waals surface area contributed by atoms with E-state index in [-0.39, 0.29) is 17.6 Å². The van der Waals surface area contributed by atoms with Crippen molar-refractivity contribution in [3.63, 3.8) is 0 Å². The number of nitrogens with one attached hydrogen (secondary N) is 1. The molecule has 1 atom stereocenters. The van der Waals surface area contributed by atoms with Crippen LogP contribution in [0.2, 0.25) is 0 Å². The minimum Gasteiger partial charge on any atom is -0.367 e. The van der Waals surface area contributed by atoms with Crippen molar-refractivity contribution in [2.45, 2.75) is 38.7 Å². The summed E-state index contributed by atoms with van der Waals surface area (Å²) in [4.78, 5) is 33.3. The van der Waals surface area contributed by atoms with Gasteiger partial charge in [0.25, 0.3) is 5.56 Å². The second-order valence-corrected chi connectivity index (χ2v) is 7.10. The van der Waals surface area contributed by atoms with E-state index in [1.54, 1.807) is 6.92 Å². The van der Waals surface area contributed by atoms with Gasteiger partial charge in [-0.1, -0.05) is 18.2 Å². The monoisotopic (exact) mass is 353 g/mol. The van der Waals surface area contributed by atoms with E-state index in [1.807, 2.05) is 4.90 Å². The summed E-state index contributed by atoms with van der Waals surface area (Å²) < 4.78 is 5.74. The fourth-order valence-electron chi connectivity index (χ4n) is 3.82. The third-order valence-corrected chi connectivity index (χ3v) is 5.13. The number of rotatable bonds is 3. The highest BCUT2D eigenvalue weighted by atomic mass is 16.5. The Labute approximate surface area is 152 Å². The molecule has 2 aromatic rings. The predicted octanol–water partition coefficient (Wildman–Crippen LogP) is 1.71. The van der Waals surface area contributed by atoms with Gasteiger partial charge < -0.3 is 14.6 Å². The molecule has 1 aromatic carbocycles. The zero-order chi connectivity index (χ0) is 18.1. The van der Waals surface area contributed by atoms with Crippen LogP contribution < -0.4 is 5.56 Å². The molecule has 4 rings (SSSR count). The van der Waals surface area contributed by atoms with Crippen LogP contribution in [0.25, 0.3) is 0 Å². The maximum absolute atomic E-state index is 12.8. The van der Waals surface area contributed by atoms with Gasteiger partial charge >= 0.3 is 0 Å². The third kappa shape index (κ3) is 3.55. The number of hydrogen-bond acceptors (Lipinski definition) is 4. The van der Waals surface area contributed by atoms with E-state index < -0.39 is 0 Å². The summed E-state index contributed by atoms with van der Waals surface area (Å²) in [7, 11) is 0. The fraction of sp³-hybridized carbons (Fsp3) is 0.450. The quantitative estimate of drug-likeness (QED) is 0.911. The van der Waals surface area contributed by atoms with Crippen LogP contribution in [0, 0.1) is 6.92 Å². The van der Waals surface area contributed by atoms with Crippen molar-refractivity contribution in [1.29, 1.82) is 0 Å². The number of H-pyrrole nitrogens is 1. The molecule has 1 aliphatic carbocycles. The van der Waals surface area contributed by atoms with Crippen LogP contribution in [0.15, 0.2) is 29.1 Å². The van der Waals surface area contributed by atoms with E-state index in [0.29, 0.717) is 37.6 Å². The number of hydrogen-bond donors (Lipinski definition) is 1. The van der Waals surface area contributed by atoms with Crippen LogP contribution in [0.5, 0.6) is 0 Å². The first-order valence-corrected chi connectivity index (χ1v) is 9.16. The van der Waals surface area contributed by atoms with Crippen LogP contribution in [0.4, 0.5) is 0 Å². The van der Waals surface area contributed by atoms with Gasteiger partial charge in [-0.2, -0.15) is 0 Å². The number of morpholine rings is 1. The van der Waals surface area contributed by atoms with Crippen molar-refractivity contribution < 1.29 is 9.53 Å². The molecule has 0 radical (unpaired) electrons. The second kappa shape index (κ2) is 7.03. The number of aromatic nitrogens is 2. The number of ether oxygens (including phenoxy) is 1. The topological polar surface area (TPSA) is 75.3 Å². The van der Waals surface area contributed by atoms with Gasteiger partial charge in [0.15, 0.2) is 0 Å². The Morgan fingerprint density at radius 2 is 2.15 bits per heavy atom. The van der Waals surface area contributed by atoms with Crippen LogP contribution in [0.1, 0.15) is 40.7 Å². The Bertz CT molecular complexity index is 890. The molecule has 0 unspecified atom stereocenters. The molecule has 0 bridgehead atoms. The maximum atomic E-state index is 12.8. The van der Waals surface area contributed by atoms with E-state index in [2.05, 4.69) is 28.2 Å². The number of benzene rings is 1. The van der Waals surface area contributed by atoms with Gasteiger partial charge in [0.05, 0.1) is 19.6 Å². The number of aromatic amines is 1. The van der Waals surface area contributed by atoms with Crippen molar-refractivity contribution in [2.24, 2.45) is 0 Å². The Balaban J connectivity index is 1.45. The lowest BCUT2D eigenvalue weighted by molar-refractivity contribution is -0.138. The molecule has 1 saturated heterocycles. The molecule has 1 aromatic heterocycles. The van der Waals surface area contributed by atoms with Gasteiger partial charge in [-0.25, -0.2) is 4.98 Å². The van der Waals surface area contributed by atoms with Crippen molar-refractivity contribution in [1.82, 2.24) is 14.9 Å². The highest BCUT2D eigenvalue weighted by molar-refractivity contribution is 5.79. The molecule has 1 aliphatic heterocycles. The average Bonchev–Trinajstić information content (AvgIpc) is 3.09. The molecular weight excluding hydrogens is 330 g/mol. The first kappa shape index (κ1) is 17.0. The van der Waals surface area contributed by atoms with E-state index in [4.69, 9.17) is 4.74 Å². The minimum atomic E-state index is -0.389. The van der Waals surface area contributed by atoms with Gasteiger partial charge in [0.1, 0.15) is 11.9 Å². The van der Waals surface area contributed by atoms with E-state index in [1.165, 1.54) is 23.6 Å². The smallest absolute Gasteiger partial charge is 0.251 e. The number of amides is 1.